The fourth-order valence-corrected chi connectivity index (χ4v) is 4.90. The van der Waals surface area contributed by atoms with Gasteiger partial charge in [0, 0.05) is 61.2 Å². The Morgan fingerprint density at radius 3 is 1.04 bits per heavy atom. The summed E-state index contributed by atoms with van der Waals surface area (Å²) in [5.74, 6) is 0.197. The number of hydrogen-bond donors (Lipinski definition) is 0. The van der Waals surface area contributed by atoms with Gasteiger partial charge in [-0.05, 0) is 50.6 Å². The number of rotatable bonds is 9. The average Bonchev–Trinajstić information content (AvgIpc) is 3.21. The van der Waals surface area contributed by atoms with Crippen LogP contribution in [0.5, 0.6) is 0 Å². The van der Waals surface area contributed by atoms with Gasteiger partial charge in [-0.3, -0.25) is 4.79 Å². The number of halogens is 6. The summed E-state index contributed by atoms with van der Waals surface area (Å²) < 4.78 is 53.3. The molecule has 5 heterocycles. The fraction of sp³-hybridized carbons (Fsp3) is 0.882. The second-order valence-electron chi connectivity index (χ2n) is 10.9. The Labute approximate surface area is 425 Å². The van der Waals surface area contributed by atoms with Gasteiger partial charge in [0.25, 0.3) is 0 Å². The van der Waals surface area contributed by atoms with E-state index in [1.165, 1.54) is 23.3 Å². The van der Waals surface area contributed by atoms with Gasteiger partial charge in [-0.2, -0.15) is 0 Å². The molecular weight excluding hydrogens is 1140 g/mol. The van der Waals surface area contributed by atoms with Gasteiger partial charge in [0.15, 0.2) is 18.9 Å². The van der Waals surface area contributed by atoms with Crippen LogP contribution in [0.25, 0.3) is 0 Å². The standard InChI is InChI=1S/C8H14O3.C6H11BrO2.C6H11IO2.2C6H11O2.C2H3ClO.BrH.2ClH.2Li.2Zn/c1-7(9)3-4-8-10-5-2-6-11-8;2*7-3-2-6-8-4-1-5-9-6;2*1-2-6-7-4-3-5-8-6;1-2(3)4;;;;;;;/h8H,2-6H2,1H3;2*6H,1-5H2;2*6H,1-5H2;1H3;3*1H;;;;/q;;;2*-1;;;;;;+1;2*+2/p-3. The summed E-state index contributed by atoms with van der Waals surface area (Å²) in [5.41, 5.74) is 0. The van der Waals surface area contributed by atoms with Crippen molar-refractivity contribution in [2.24, 2.45) is 0 Å². The van der Waals surface area contributed by atoms with Crippen LogP contribution in [0.4, 0.5) is 0 Å². The third kappa shape index (κ3) is 54.1. The van der Waals surface area contributed by atoms with Crippen LogP contribution >= 0.6 is 73.4 Å². The molecule has 0 bridgehead atoms. The fourth-order valence-electron chi connectivity index (χ4n) is 4.02. The van der Waals surface area contributed by atoms with Crippen molar-refractivity contribution in [3.05, 3.63) is 13.8 Å². The average molecular weight is 1200 g/mol. The van der Waals surface area contributed by atoms with Crippen molar-refractivity contribution in [3.63, 3.8) is 0 Å². The maximum atomic E-state index is 10.6. The minimum atomic E-state index is -0.361. The summed E-state index contributed by atoms with van der Waals surface area (Å²) in [5, 5.41) is 0.595. The molecule has 1 radical (unpaired) electrons. The monoisotopic (exact) mass is 1190 g/mol. The number of Topliss-reactive ketones (excluding diaryl/α,β-unsaturated/α-hetero) is 1. The molecule has 5 fully saturated rings. The first-order chi connectivity index (χ1) is 25.7. The first-order valence-corrected chi connectivity index (χ1v) is 31.7. The molecule has 5 aliphatic heterocycles. The molecule has 5 saturated heterocycles. The van der Waals surface area contributed by atoms with E-state index < -0.39 is 0 Å². The van der Waals surface area contributed by atoms with E-state index in [0.717, 1.165) is 151 Å². The summed E-state index contributed by atoms with van der Waals surface area (Å²) in [6.07, 6.45) is 9.77. The molecule has 0 aromatic rings. The molecule has 0 aliphatic carbocycles. The quantitative estimate of drug-likeness (QED) is 0.111. The number of ether oxygens (including phenoxy) is 10. The second-order valence-corrected chi connectivity index (χ2v) is 13.3. The summed E-state index contributed by atoms with van der Waals surface area (Å²) in [7, 11) is 4.76. The number of alkyl halides is 2. The van der Waals surface area contributed by atoms with Crippen molar-refractivity contribution in [1.29, 1.82) is 0 Å². The SMILES string of the molecule is BrCCC1OCCCO1.CC(=O)CCC1OCCCO1.CC(=O)Cl.ICCC1OCCCO1.[CH2-]CC1OCCCO1.[CH2-]CC1OCCCO1.[Cl-].[Cl][Zn+].[Li+].[Li].[Zn+][Br]. The molecule has 0 amide bonds. The molecule has 56 heavy (non-hydrogen) atoms. The zero-order valence-corrected chi connectivity index (χ0v) is 47.7. The van der Waals surface area contributed by atoms with Crippen LogP contribution in [0.15, 0.2) is 0 Å². The molecule has 0 spiro atoms. The number of hydrogen-bond acceptors (Lipinski definition) is 12. The van der Waals surface area contributed by atoms with Crippen LogP contribution in [-0.2, 0) is 90.6 Å². The number of ketones is 1. The predicted octanol–water partition coefficient (Wildman–Crippen LogP) is 2.10. The molecule has 0 aromatic carbocycles. The molecule has 0 saturated carbocycles. The van der Waals surface area contributed by atoms with E-state index in [2.05, 4.69) is 77.6 Å². The third-order valence-corrected chi connectivity index (χ3v) is 7.45. The Bertz CT molecular complexity index is 722. The van der Waals surface area contributed by atoms with Gasteiger partial charge in [-0.25, -0.2) is 0 Å². The minimum absolute atomic E-state index is 0. The summed E-state index contributed by atoms with van der Waals surface area (Å²) in [6.45, 7) is 18.5. The van der Waals surface area contributed by atoms with Gasteiger partial charge in [0.1, 0.15) is 18.4 Å². The number of carbonyl (C=O) groups excluding carboxylic acids is 2. The van der Waals surface area contributed by atoms with Crippen molar-refractivity contribution in [1.82, 2.24) is 0 Å². The Morgan fingerprint density at radius 2 is 0.839 bits per heavy atom. The van der Waals surface area contributed by atoms with Crippen LogP contribution in [0.2, 0.25) is 0 Å². The van der Waals surface area contributed by atoms with E-state index >= 15 is 0 Å². The molecular formula is C34H61Br2Cl3ILi2O12Zn2. The van der Waals surface area contributed by atoms with Crippen LogP contribution < -0.4 is 31.3 Å². The van der Waals surface area contributed by atoms with Gasteiger partial charge in [-0.15, -0.1) is 12.8 Å². The summed E-state index contributed by atoms with van der Waals surface area (Å²) in [4.78, 5) is 19.8. The van der Waals surface area contributed by atoms with Crippen molar-refractivity contribution in [3.8, 4) is 0 Å². The maximum absolute atomic E-state index is 10.6. The van der Waals surface area contributed by atoms with Crippen LogP contribution in [0.1, 0.15) is 84.5 Å². The molecule has 12 nitrogen and oxygen atoms in total. The second kappa shape index (κ2) is 58.9. The van der Waals surface area contributed by atoms with Gasteiger partial charge >= 0.3 is 75.8 Å². The molecule has 22 heteroatoms. The molecule has 0 aromatic heterocycles. The van der Waals surface area contributed by atoms with E-state index in [-0.39, 0.29) is 92.6 Å². The Morgan fingerprint density at radius 1 is 0.607 bits per heavy atom. The van der Waals surface area contributed by atoms with Crippen molar-refractivity contribution in [2.45, 2.75) is 116 Å². The molecule has 0 unspecified atom stereocenters. The van der Waals surface area contributed by atoms with Crippen LogP contribution in [0, 0.1) is 13.8 Å². The summed E-state index contributed by atoms with van der Waals surface area (Å²) in [6, 6.07) is 0. The first-order valence-electron chi connectivity index (χ1n) is 17.8. The Kier molecular flexibility index (Phi) is 75.3. The van der Waals surface area contributed by atoms with Crippen molar-refractivity contribution < 1.29 is 122 Å². The summed E-state index contributed by atoms with van der Waals surface area (Å²) >= 11 is 15.4. The predicted molar refractivity (Wildman–Crippen MR) is 220 cm³/mol. The normalized spacial score (nSPS) is 18.6. The van der Waals surface area contributed by atoms with E-state index in [1.54, 1.807) is 6.92 Å². The van der Waals surface area contributed by atoms with Gasteiger partial charge in [-0.1, -0.05) is 38.5 Å². The van der Waals surface area contributed by atoms with Crippen LogP contribution in [0.3, 0.4) is 0 Å². The van der Waals surface area contributed by atoms with Crippen LogP contribution in [-0.4, -0.2) is 137 Å². The number of carbonyl (C=O) groups is 2. The molecule has 0 atom stereocenters. The third-order valence-electron chi connectivity index (χ3n) is 6.37. The molecule has 317 valence electrons. The van der Waals surface area contributed by atoms with Gasteiger partial charge in [0.05, 0.1) is 66.1 Å². The Balaban J connectivity index is -0.000000132. The van der Waals surface area contributed by atoms with Crippen molar-refractivity contribution in [2.75, 3.05) is 75.8 Å². The van der Waals surface area contributed by atoms with E-state index in [4.69, 9.17) is 57.1 Å². The Hall–Kier alpha value is 3.94. The molecule has 5 aliphatic rings. The van der Waals surface area contributed by atoms with E-state index in [0.29, 0.717) is 12.8 Å². The molecule has 0 N–H and O–H groups in total. The molecule has 5 rings (SSSR count). The van der Waals surface area contributed by atoms with Gasteiger partial charge in [0.2, 0.25) is 5.24 Å². The van der Waals surface area contributed by atoms with Crippen molar-refractivity contribution >= 4 is 103 Å². The first kappa shape index (κ1) is 71.6. The van der Waals surface area contributed by atoms with E-state index in [1.807, 2.05) is 0 Å². The topological polar surface area (TPSA) is 126 Å². The zero-order valence-electron chi connectivity index (χ0n) is 34.1. The van der Waals surface area contributed by atoms with Gasteiger partial charge < -0.3 is 78.4 Å². The van der Waals surface area contributed by atoms with E-state index in [9.17, 15) is 9.59 Å². The zero-order chi connectivity index (χ0) is 40.4.